The normalized spacial score (nSPS) is 19.4. The molecule has 1 aliphatic rings. The number of hydrogen-bond donors (Lipinski definition) is 2. The monoisotopic (exact) mass is 372 g/mol. The third-order valence-electron chi connectivity index (χ3n) is 4.72. The first-order chi connectivity index (χ1) is 12.8. The SMILES string of the molecule is Cc1n[nH]c(C)c1/C(O)=C1\C(=O)C(=O)N(CCCN(C)C)[C@@H]1c1ccco1. The zero-order valence-corrected chi connectivity index (χ0v) is 15.9. The summed E-state index contributed by atoms with van der Waals surface area (Å²) in [6, 6.07) is 2.65. The summed E-state index contributed by atoms with van der Waals surface area (Å²) in [5.74, 6) is -1.12. The van der Waals surface area contributed by atoms with Crippen LogP contribution >= 0.6 is 0 Å². The highest BCUT2D eigenvalue weighted by molar-refractivity contribution is 6.46. The van der Waals surface area contributed by atoms with Gasteiger partial charge < -0.3 is 19.3 Å². The molecular formula is C19H24N4O4. The third-order valence-corrected chi connectivity index (χ3v) is 4.72. The first-order valence-electron chi connectivity index (χ1n) is 8.81. The molecule has 8 heteroatoms. The molecule has 3 heterocycles. The number of H-pyrrole nitrogens is 1. The van der Waals surface area contributed by atoms with E-state index in [1.54, 1.807) is 26.0 Å². The van der Waals surface area contributed by atoms with Gasteiger partial charge in [0.15, 0.2) is 0 Å². The molecule has 1 saturated heterocycles. The van der Waals surface area contributed by atoms with Gasteiger partial charge in [0.2, 0.25) is 0 Å². The van der Waals surface area contributed by atoms with E-state index in [1.165, 1.54) is 11.2 Å². The number of rotatable bonds is 6. The van der Waals surface area contributed by atoms with E-state index in [9.17, 15) is 14.7 Å². The van der Waals surface area contributed by atoms with Crippen LogP contribution in [0.2, 0.25) is 0 Å². The molecule has 0 saturated carbocycles. The van der Waals surface area contributed by atoms with Gasteiger partial charge in [0.1, 0.15) is 17.6 Å². The Balaban J connectivity index is 2.08. The van der Waals surface area contributed by atoms with Crippen molar-refractivity contribution in [1.82, 2.24) is 20.0 Å². The van der Waals surface area contributed by atoms with Crippen molar-refractivity contribution < 1.29 is 19.1 Å². The van der Waals surface area contributed by atoms with Crippen molar-refractivity contribution in [2.75, 3.05) is 27.2 Å². The van der Waals surface area contributed by atoms with Gasteiger partial charge >= 0.3 is 0 Å². The Morgan fingerprint density at radius 1 is 1.37 bits per heavy atom. The fourth-order valence-electron chi connectivity index (χ4n) is 3.45. The molecule has 0 unspecified atom stereocenters. The second kappa shape index (κ2) is 7.40. The molecule has 0 radical (unpaired) electrons. The van der Waals surface area contributed by atoms with E-state index in [2.05, 4.69) is 10.2 Å². The van der Waals surface area contributed by atoms with Gasteiger partial charge in [0.25, 0.3) is 11.7 Å². The molecule has 0 bridgehead atoms. The molecule has 2 N–H and O–H groups in total. The van der Waals surface area contributed by atoms with Crippen LogP contribution in [-0.2, 0) is 9.59 Å². The molecule has 1 aliphatic heterocycles. The first-order valence-corrected chi connectivity index (χ1v) is 8.81. The Hall–Kier alpha value is -2.87. The Labute approximate surface area is 157 Å². The molecule has 1 fully saturated rings. The zero-order valence-electron chi connectivity index (χ0n) is 15.9. The average molecular weight is 372 g/mol. The molecule has 8 nitrogen and oxygen atoms in total. The van der Waals surface area contributed by atoms with Gasteiger partial charge in [-0.1, -0.05) is 0 Å². The number of hydrogen-bond acceptors (Lipinski definition) is 6. The molecule has 1 atom stereocenters. The maximum atomic E-state index is 12.8. The number of ketones is 1. The van der Waals surface area contributed by atoms with Crippen LogP contribution in [0.15, 0.2) is 28.4 Å². The number of carbonyl (C=O) groups excluding carboxylic acids is 2. The number of nitrogens with zero attached hydrogens (tertiary/aromatic N) is 3. The minimum absolute atomic E-state index is 0.0346. The minimum atomic E-state index is -0.754. The predicted octanol–water partition coefficient (Wildman–Crippen LogP) is 1.99. The molecule has 0 spiro atoms. The molecule has 3 rings (SSSR count). The molecule has 0 aliphatic carbocycles. The largest absolute Gasteiger partial charge is 0.507 e. The zero-order chi connectivity index (χ0) is 19.7. The number of likely N-dealkylation sites (tertiary alicyclic amines) is 1. The molecule has 144 valence electrons. The number of aliphatic hydroxyl groups excluding tert-OH is 1. The summed E-state index contributed by atoms with van der Waals surface area (Å²) in [4.78, 5) is 29.0. The van der Waals surface area contributed by atoms with E-state index >= 15 is 0 Å². The lowest BCUT2D eigenvalue weighted by Crippen LogP contribution is -2.32. The number of aromatic nitrogens is 2. The van der Waals surface area contributed by atoms with Crippen molar-refractivity contribution in [2.24, 2.45) is 0 Å². The summed E-state index contributed by atoms with van der Waals surface area (Å²) in [5, 5.41) is 17.8. The van der Waals surface area contributed by atoms with Gasteiger partial charge in [-0.2, -0.15) is 5.10 Å². The Morgan fingerprint density at radius 2 is 2.11 bits per heavy atom. The number of carbonyl (C=O) groups is 2. The van der Waals surface area contributed by atoms with E-state index in [-0.39, 0.29) is 11.3 Å². The van der Waals surface area contributed by atoms with E-state index in [0.717, 1.165) is 6.54 Å². The summed E-state index contributed by atoms with van der Waals surface area (Å²) in [5.41, 5.74) is 1.66. The van der Waals surface area contributed by atoms with Gasteiger partial charge in [0, 0.05) is 12.2 Å². The standard InChI is InChI=1S/C19H24N4O4/c1-11-14(12(2)21-20-11)17(24)15-16(13-7-5-10-27-13)23(19(26)18(15)25)9-6-8-22(3)4/h5,7,10,16,24H,6,8-9H2,1-4H3,(H,20,21)/b17-15+/t16-/m1/s1. The maximum absolute atomic E-state index is 12.8. The number of furan rings is 1. The summed E-state index contributed by atoms with van der Waals surface area (Å²) in [6.07, 6.45) is 2.19. The second-order valence-corrected chi connectivity index (χ2v) is 6.97. The van der Waals surface area contributed by atoms with Crippen molar-refractivity contribution in [3.8, 4) is 0 Å². The van der Waals surface area contributed by atoms with Crippen molar-refractivity contribution in [2.45, 2.75) is 26.3 Å². The van der Waals surface area contributed by atoms with Crippen LogP contribution in [-0.4, -0.2) is 64.0 Å². The summed E-state index contributed by atoms with van der Waals surface area (Å²) in [7, 11) is 3.89. The Morgan fingerprint density at radius 3 is 2.67 bits per heavy atom. The smallest absolute Gasteiger partial charge is 0.295 e. The number of aryl methyl sites for hydroxylation is 2. The maximum Gasteiger partial charge on any atom is 0.295 e. The van der Waals surface area contributed by atoms with Gasteiger partial charge in [-0.15, -0.1) is 0 Å². The van der Waals surface area contributed by atoms with E-state index < -0.39 is 17.7 Å². The van der Waals surface area contributed by atoms with Gasteiger partial charge in [-0.3, -0.25) is 14.7 Å². The number of nitrogens with one attached hydrogen (secondary N) is 1. The first kappa shape index (κ1) is 18.9. The number of amides is 1. The third kappa shape index (κ3) is 3.40. The quantitative estimate of drug-likeness (QED) is 0.457. The van der Waals surface area contributed by atoms with Gasteiger partial charge in [-0.25, -0.2) is 0 Å². The molecule has 2 aromatic heterocycles. The van der Waals surface area contributed by atoms with Crippen molar-refractivity contribution in [3.05, 3.63) is 46.7 Å². The number of Topliss-reactive ketones (excluding diaryl/α,β-unsaturated/α-hetero) is 1. The minimum Gasteiger partial charge on any atom is -0.507 e. The Bertz CT molecular complexity index is 860. The fraction of sp³-hybridized carbons (Fsp3) is 0.421. The highest BCUT2D eigenvalue weighted by atomic mass is 16.3. The lowest BCUT2D eigenvalue weighted by Gasteiger charge is -2.24. The summed E-state index contributed by atoms with van der Waals surface area (Å²) < 4.78 is 5.50. The van der Waals surface area contributed by atoms with Crippen LogP contribution in [0.3, 0.4) is 0 Å². The van der Waals surface area contributed by atoms with E-state index in [1.807, 2.05) is 19.0 Å². The van der Waals surface area contributed by atoms with Crippen LogP contribution in [0, 0.1) is 13.8 Å². The highest BCUT2D eigenvalue weighted by Gasteiger charge is 2.47. The van der Waals surface area contributed by atoms with Gasteiger partial charge in [-0.05, 0) is 53.0 Å². The average Bonchev–Trinajstić information content (AvgIpc) is 3.30. The topological polar surface area (TPSA) is 103 Å². The number of aliphatic hydroxyl groups is 1. The summed E-state index contributed by atoms with van der Waals surface area (Å²) >= 11 is 0. The lowest BCUT2D eigenvalue weighted by atomic mass is 9.98. The lowest BCUT2D eigenvalue weighted by molar-refractivity contribution is -0.140. The fourth-order valence-corrected chi connectivity index (χ4v) is 3.45. The van der Waals surface area contributed by atoms with Crippen LogP contribution in [0.1, 0.15) is 35.2 Å². The van der Waals surface area contributed by atoms with E-state index in [4.69, 9.17) is 4.42 Å². The highest BCUT2D eigenvalue weighted by Crippen LogP contribution is 2.40. The molecule has 0 aromatic carbocycles. The molecule has 2 aromatic rings. The molecule has 27 heavy (non-hydrogen) atoms. The van der Waals surface area contributed by atoms with Crippen molar-refractivity contribution >= 4 is 17.4 Å². The number of aromatic amines is 1. The summed E-state index contributed by atoms with van der Waals surface area (Å²) in [6.45, 7) is 4.64. The van der Waals surface area contributed by atoms with Gasteiger partial charge in [0.05, 0.1) is 23.1 Å². The second-order valence-electron chi connectivity index (χ2n) is 6.97. The van der Waals surface area contributed by atoms with Crippen LogP contribution < -0.4 is 0 Å². The van der Waals surface area contributed by atoms with Crippen molar-refractivity contribution in [1.29, 1.82) is 0 Å². The molecule has 1 amide bonds. The van der Waals surface area contributed by atoms with E-state index in [0.29, 0.717) is 35.7 Å². The van der Waals surface area contributed by atoms with Crippen molar-refractivity contribution in [3.63, 3.8) is 0 Å². The van der Waals surface area contributed by atoms with Crippen LogP contribution in [0.5, 0.6) is 0 Å². The molecular weight excluding hydrogens is 348 g/mol. The van der Waals surface area contributed by atoms with Crippen LogP contribution in [0.25, 0.3) is 5.76 Å². The van der Waals surface area contributed by atoms with Crippen LogP contribution in [0.4, 0.5) is 0 Å². The predicted molar refractivity (Wildman–Crippen MR) is 99.0 cm³/mol. The Kier molecular flexibility index (Phi) is 5.18.